The van der Waals surface area contributed by atoms with Crippen molar-refractivity contribution in [2.45, 2.75) is 0 Å². The van der Waals surface area contributed by atoms with Crippen LogP contribution in [0.2, 0.25) is 5.02 Å². The number of methoxy groups -OCH3 is 1. The topological polar surface area (TPSA) is 60.5 Å². The number of amides is 1. The van der Waals surface area contributed by atoms with Crippen molar-refractivity contribution in [1.82, 2.24) is 10.3 Å². The summed E-state index contributed by atoms with van der Waals surface area (Å²) < 4.78 is 10.4. The summed E-state index contributed by atoms with van der Waals surface area (Å²) in [4.78, 5) is 15.8. The van der Waals surface area contributed by atoms with Crippen LogP contribution >= 0.6 is 11.6 Å². The van der Waals surface area contributed by atoms with E-state index in [-0.39, 0.29) is 5.91 Å². The Morgan fingerprint density at radius 3 is 2.62 bits per heavy atom. The van der Waals surface area contributed by atoms with Crippen molar-refractivity contribution >= 4 is 17.5 Å². The molecule has 0 radical (unpaired) electrons. The molecule has 110 valence electrons. The molecule has 1 amide bonds. The van der Waals surface area contributed by atoms with E-state index in [4.69, 9.17) is 21.1 Å². The number of hydrogen-bond donors (Lipinski definition) is 1. The fourth-order valence-electron chi connectivity index (χ4n) is 1.60. The van der Waals surface area contributed by atoms with Crippen LogP contribution in [0.15, 0.2) is 42.6 Å². The van der Waals surface area contributed by atoms with Crippen LogP contribution in [0.4, 0.5) is 0 Å². The summed E-state index contributed by atoms with van der Waals surface area (Å²) in [6.45, 7) is 0.768. The number of carbonyl (C=O) groups excluding carboxylic acids is 1. The van der Waals surface area contributed by atoms with Gasteiger partial charge in [-0.25, -0.2) is 4.98 Å². The van der Waals surface area contributed by atoms with Gasteiger partial charge in [0.15, 0.2) is 0 Å². The lowest BCUT2D eigenvalue weighted by Crippen LogP contribution is -2.28. The molecule has 0 bridgehead atoms. The number of benzene rings is 1. The SMILES string of the molecule is COc1ccc(C(=O)NCCOc2ccc(Cl)cc2)cn1. The Labute approximate surface area is 127 Å². The molecule has 0 aliphatic heterocycles. The Morgan fingerprint density at radius 2 is 2.00 bits per heavy atom. The van der Waals surface area contributed by atoms with Crippen LogP contribution in [-0.4, -0.2) is 31.2 Å². The Balaban J connectivity index is 1.74. The quantitative estimate of drug-likeness (QED) is 0.833. The van der Waals surface area contributed by atoms with Gasteiger partial charge in [-0.3, -0.25) is 4.79 Å². The van der Waals surface area contributed by atoms with Crippen molar-refractivity contribution < 1.29 is 14.3 Å². The average molecular weight is 307 g/mol. The molecule has 1 aromatic heterocycles. The summed E-state index contributed by atoms with van der Waals surface area (Å²) >= 11 is 5.78. The van der Waals surface area contributed by atoms with Gasteiger partial charge < -0.3 is 14.8 Å². The van der Waals surface area contributed by atoms with Gasteiger partial charge in [0, 0.05) is 17.3 Å². The van der Waals surface area contributed by atoms with Crippen LogP contribution in [0.1, 0.15) is 10.4 Å². The van der Waals surface area contributed by atoms with E-state index < -0.39 is 0 Å². The van der Waals surface area contributed by atoms with Crippen molar-refractivity contribution in [3.05, 3.63) is 53.2 Å². The van der Waals surface area contributed by atoms with Crippen molar-refractivity contribution in [3.63, 3.8) is 0 Å². The molecule has 0 saturated carbocycles. The Morgan fingerprint density at radius 1 is 1.24 bits per heavy atom. The average Bonchev–Trinajstić information content (AvgIpc) is 2.53. The number of hydrogen-bond acceptors (Lipinski definition) is 4. The van der Waals surface area contributed by atoms with E-state index >= 15 is 0 Å². The third-order valence-corrected chi connectivity index (χ3v) is 2.93. The highest BCUT2D eigenvalue weighted by atomic mass is 35.5. The number of carbonyl (C=O) groups is 1. The predicted molar refractivity (Wildman–Crippen MR) is 80.1 cm³/mol. The molecule has 0 unspecified atom stereocenters. The number of aromatic nitrogens is 1. The minimum Gasteiger partial charge on any atom is -0.492 e. The van der Waals surface area contributed by atoms with Crippen molar-refractivity contribution in [2.24, 2.45) is 0 Å². The van der Waals surface area contributed by atoms with E-state index in [1.807, 2.05) is 0 Å². The first-order chi connectivity index (χ1) is 10.2. The van der Waals surface area contributed by atoms with Gasteiger partial charge in [0.1, 0.15) is 12.4 Å². The van der Waals surface area contributed by atoms with Gasteiger partial charge >= 0.3 is 0 Å². The van der Waals surface area contributed by atoms with Crippen molar-refractivity contribution in [3.8, 4) is 11.6 Å². The van der Waals surface area contributed by atoms with E-state index in [1.165, 1.54) is 13.3 Å². The molecule has 0 saturated heterocycles. The number of rotatable bonds is 6. The molecule has 1 aromatic carbocycles. The van der Waals surface area contributed by atoms with Gasteiger partial charge in [-0.1, -0.05) is 11.6 Å². The molecule has 0 spiro atoms. The predicted octanol–water partition coefficient (Wildman–Crippen LogP) is 2.55. The van der Waals surface area contributed by atoms with Gasteiger partial charge in [-0.2, -0.15) is 0 Å². The Kier molecular flexibility index (Phi) is 5.40. The first-order valence-corrected chi connectivity index (χ1v) is 6.73. The summed E-state index contributed by atoms with van der Waals surface area (Å²) in [6.07, 6.45) is 1.47. The second-order valence-corrected chi connectivity index (χ2v) is 4.58. The van der Waals surface area contributed by atoms with Gasteiger partial charge in [-0.15, -0.1) is 0 Å². The van der Waals surface area contributed by atoms with Crippen LogP contribution in [0.5, 0.6) is 11.6 Å². The zero-order chi connectivity index (χ0) is 15.1. The number of pyridine rings is 1. The van der Waals surface area contributed by atoms with Gasteiger partial charge in [0.05, 0.1) is 19.2 Å². The lowest BCUT2D eigenvalue weighted by Gasteiger charge is -2.08. The van der Waals surface area contributed by atoms with E-state index in [2.05, 4.69) is 10.3 Å². The highest BCUT2D eigenvalue weighted by Gasteiger charge is 2.05. The zero-order valence-electron chi connectivity index (χ0n) is 11.5. The third kappa shape index (κ3) is 4.65. The summed E-state index contributed by atoms with van der Waals surface area (Å²) in [5.41, 5.74) is 0.474. The molecule has 0 aliphatic carbocycles. The van der Waals surface area contributed by atoms with Gasteiger partial charge in [0.2, 0.25) is 5.88 Å². The number of ether oxygens (including phenoxy) is 2. The second-order valence-electron chi connectivity index (χ2n) is 4.15. The monoisotopic (exact) mass is 306 g/mol. The summed E-state index contributed by atoms with van der Waals surface area (Å²) in [6, 6.07) is 10.3. The molecule has 21 heavy (non-hydrogen) atoms. The molecule has 2 aromatic rings. The maximum atomic E-state index is 11.8. The lowest BCUT2D eigenvalue weighted by atomic mass is 10.2. The van der Waals surface area contributed by atoms with Crippen molar-refractivity contribution in [1.29, 1.82) is 0 Å². The standard InChI is InChI=1S/C15H15ClN2O3/c1-20-14-7-2-11(10-18-14)15(19)17-8-9-21-13-5-3-12(16)4-6-13/h2-7,10H,8-9H2,1H3,(H,17,19). The molecular weight excluding hydrogens is 292 g/mol. The highest BCUT2D eigenvalue weighted by molar-refractivity contribution is 6.30. The van der Waals surface area contributed by atoms with Gasteiger partial charge in [-0.05, 0) is 30.3 Å². The molecular formula is C15H15ClN2O3. The number of nitrogens with zero attached hydrogens (tertiary/aromatic N) is 1. The zero-order valence-corrected chi connectivity index (χ0v) is 12.3. The Bertz CT molecular complexity index is 585. The molecule has 1 heterocycles. The first kappa shape index (κ1) is 15.1. The van der Waals surface area contributed by atoms with E-state index in [9.17, 15) is 4.79 Å². The fourth-order valence-corrected chi connectivity index (χ4v) is 1.73. The maximum Gasteiger partial charge on any atom is 0.252 e. The highest BCUT2D eigenvalue weighted by Crippen LogP contribution is 2.15. The molecule has 6 heteroatoms. The molecule has 5 nitrogen and oxygen atoms in total. The van der Waals surface area contributed by atoms with Crippen LogP contribution < -0.4 is 14.8 Å². The molecule has 0 fully saturated rings. The van der Waals surface area contributed by atoms with E-state index in [0.29, 0.717) is 35.4 Å². The normalized spacial score (nSPS) is 10.0. The van der Waals surface area contributed by atoms with Crippen LogP contribution in [-0.2, 0) is 0 Å². The largest absolute Gasteiger partial charge is 0.492 e. The van der Waals surface area contributed by atoms with E-state index in [1.54, 1.807) is 36.4 Å². The van der Waals surface area contributed by atoms with Crippen LogP contribution in [0.3, 0.4) is 0 Å². The van der Waals surface area contributed by atoms with Crippen LogP contribution in [0, 0.1) is 0 Å². The summed E-state index contributed by atoms with van der Waals surface area (Å²) in [5.74, 6) is 0.974. The summed E-state index contributed by atoms with van der Waals surface area (Å²) in [7, 11) is 1.52. The second kappa shape index (κ2) is 7.50. The fraction of sp³-hybridized carbons (Fsp3) is 0.200. The summed E-state index contributed by atoms with van der Waals surface area (Å²) in [5, 5.41) is 3.40. The number of nitrogens with one attached hydrogen (secondary N) is 1. The number of halogens is 1. The smallest absolute Gasteiger partial charge is 0.252 e. The molecule has 2 rings (SSSR count). The minimum absolute atomic E-state index is 0.204. The van der Waals surface area contributed by atoms with Gasteiger partial charge in [0.25, 0.3) is 5.91 Å². The maximum absolute atomic E-state index is 11.8. The first-order valence-electron chi connectivity index (χ1n) is 6.35. The molecule has 0 aliphatic rings. The van der Waals surface area contributed by atoms with Crippen molar-refractivity contribution in [2.75, 3.05) is 20.3 Å². The minimum atomic E-state index is -0.204. The molecule has 0 atom stereocenters. The third-order valence-electron chi connectivity index (χ3n) is 2.68. The molecule has 1 N–H and O–H groups in total. The van der Waals surface area contributed by atoms with Crippen LogP contribution in [0.25, 0.3) is 0 Å². The Hall–Kier alpha value is -2.27. The lowest BCUT2D eigenvalue weighted by molar-refractivity contribution is 0.0946. The van der Waals surface area contributed by atoms with E-state index in [0.717, 1.165) is 0 Å².